The van der Waals surface area contributed by atoms with Crippen LogP contribution < -0.4 is 5.32 Å². The molecule has 4 nitrogen and oxygen atoms in total. The van der Waals surface area contributed by atoms with Crippen LogP contribution in [-0.2, 0) is 17.8 Å². The van der Waals surface area contributed by atoms with Gasteiger partial charge < -0.3 is 14.9 Å². The molecule has 0 aliphatic heterocycles. The van der Waals surface area contributed by atoms with E-state index in [1.807, 2.05) is 30.5 Å². The number of amides is 1. The van der Waals surface area contributed by atoms with E-state index in [4.69, 9.17) is 11.6 Å². The number of rotatable bonds is 5. The van der Waals surface area contributed by atoms with Crippen molar-refractivity contribution in [1.82, 2.24) is 14.9 Å². The van der Waals surface area contributed by atoms with E-state index in [0.29, 0.717) is 23.5 Å². The summed E-state index contributed by atoms with van der Waals surface area (Å²) in [7, 11) is 0. The number of fused-ring (bicyclic) bond motifs is 2. The first-order valence-electron chi connectivity index (χ1n) is 8.37. The summed E-state index contributed by atoms with van der Waals surface area (Å²) in [5.74, 6) is -0.416. The number of benzene rings is 2. The van der Waals surface area contributed by atoms with Crippen LogP contribution in [0.25, 0.3) is 21.8 Å². The van der Waals surface area contributed by atoms with E-state index >= 15 is 0 Å². The highest BCUT2D eigenvalue weighted by atomic mass is 35.5. The van der Waals surface area contributed by atoms with E-state index in [2.05, 4.69) is 10.3 Å². The van der Waals surface area contributed by atoms with Crippen molar-refractivity contribution in [2.75, 3.05) is 6.54 Å². The van der Waals surface area contributed by atoms with Crippen LogP contribution in [0.15, 0.2) is 54.9 Å². The lowest BCUT2D eigenvalue weighted by Crippen LogP contribution is -2.29. The SMILES string of the molecule is O=C(Cn1ccc2ccc(F)cc21)NCCc1c[nH]c2ccc(Cl)cc12. The van der Waals surface area contributed by atoms with Gasteiger partial charge in [0.15, 0.2) is 0 Å². The van der Waals surface area contributed by atoms with Gasteiger partial charge in [-0.15, -0.1) is 0 Å². The number of carbonyl (C=O) groups is 1. The van der Waals surface area contributed by atoms with Gasteiger partial charge in [-0.2, -0.15) is 0 Å². The highest BCUT2D eigenvalue weighted by molar-refractivity contribution is 6.31. The molecular formula is C20H17ClFN3O. The Labute approximate surface area is 154 Å². The minimum atomic E-state index is -0.309. The van der Waals surface area contributed by atoms with Crippen LogP contribution in [0.1, 0.15) is 5.56 Å². The van der Waals surface area contributed by atoms with Gasteiger partial charge in [0.1, 0.15) is 12.4 Å². The summed E-state index contributed by atoms with van der Waals surface area (Å²) in [6, 6.07) is 12.1. The zero-order chi connectivity index (χ0) is 18.1. The molecule has 0 aliphatic rings. The first-order valence-corrected chi connectivity index (χ1v) is 8.74. The van der Waals surface area contributed by atoms with Crippen LogP contribution in [-0.4, -0.2) is 22.0 Å². The van der Waals surface area contributed by atoms with Gasteiger partial charge in [0.2, 0.25) is 5.91 Å². The van der Waals surface area contributed by atoms with E-state index in [1.54, 1.807) is 16.8 Å². The number of hydrogen-bond donors (Lipinski definition) is 2. The van der Waals surface area contributed by atoms with Crippen molar-refractivity contribution in [1.29, 1.82) is 0 Å². The molecule has 0 radical (unpaired) electrons. The van der Waals surface area contributed by atoms with Gasteiger partial charge in [-0.1, -0.05) is 11.6 Å². The molecule has 4 rings (SSSR count). The fourth-order valence-corrected chi connectivity index (χ4v) is 3.37. The Hall–Kier alpha value is -2.79. The predicted molar refractivity (Wildman–Crippen MR) is 102 cm³/mol. The molecule has 2 heterocycles. The number of H-pyrrole nitrogens is 1. The second-order valence-corrected chi connectivity index (χ2v) is 6.69. The third-order valence-corrected chi connectivity index (χ3v) is 4.73. The van der Waals surface area contributed by atoms with Crippen molar-refractivity contribution in [2.24, 2.45) is 0 Å². The first kappa shape index (κ1) is 16.7. The zero-order valence-electron chi connectivity index (χ0n) is 13.9. The Morgan fingerprint density at radius 1 is 1.19 bits per heavy atom. The molecular weight excluding hydrogens is 353 g/mol. The lowest BCUT2D eigenvalue weighted by molar-refractivity contribution is -0.121. The lowest BCUT2D eigenvalue weighted by Gasteiger charge is -2.07. The summed E-state index contributed by atoms with van der Waals surface area (Å²) in [4.78, 5) is 15.4. The standard InChI is InChI=1S/C20H17ClFN3O/c21-15-2-4-18-17(9-15)14(11-24-18)5-7-23-20(26)12-25-8-6-13-1-3-16(22)10-19(13)25/h1-4,6,8-11,24H,5,7,12H2,(H,23,26). The Bertz CT molecular complexity index is 1100. The van der Waals surface area contributed by atoms with Crippen molar-refractivity contribution in [3.8, 4) is 0 Å². The Morgan fingerprint density at radius 2 is 2.08 bits per heavy atom. The molecule has 0 bridgehead atoms. The highest BCUT2D eigenvalue weighted by Crippen LogP contribution is 2.22. The van der Waals surface area contributed by atoms with Crippen molar-refractivity contribution in [2.45, 2.75) is 13.0 Å². The Balaban J connectivity index is 1.39. The minimum absolute atomic E-state index is 0.107. The first-order chi connectivity index (χ1) is 12.6. The van der Waals surface area contributed by atoms with Gasteiger partial charge >= 0.3 is 0 Å². The second-order valence-electron chi connectivity index (χ2n) is 6.25. The molecule has 6 heteroatoms. The summed E-state index contributed by atoms with van der Waals surface area (Å²) in [6.45, 7) is 0.679. The molecule has 26 heavy (non-hydrogen) atoms. The summed E-state index contributed by atoms with van der Waals surface area (Å²) in [6.07, 6.45) is 4.44. The Kier molecular flexibility index (Phi) is 4.39. The minimum Gasteiger partial charge on any atom is -0.361 e. The van der Waals surface area contributed by atoms with Crippen LogP contribution in [0.3, 0.4) is 0 Å². The molecule has 2 aromatic carbocycles. The van der Waals surface area contributed by atoms with E-state index in [0.717, 1.165) is 21.9 Å². The molecule has 2 aromatic heterocycles. The number of hydrogen-bond acceptors (Lipinski definition) is 1. The lowest BCUT2D eigenvalue weighted by atomic mass is 10.1. The van der Waals surface area contributed by atoms with Crippen molar-refractivity contribution < 1.29 is 9.18 Å². The summed E-state index contributed by atoms with van der Waals surface area (Å²) in [5, 5.41) is 5.59. The molecule has 132 valence electrons. The third-order valence-electron chi connectivity index (χ3n) is 4.50. The van der Waals surface area contributed by atoms with Gasteiger partial charge in [-0.05, 0) is 59.8 Å². The van der Waals surface area contributed by atoms with Crippen molar-refractivity contribution >= 4 is 39.3 Å². The maximum atomic E-state index is 13.4. The fourth-order valence-electron chi connectivity index (χ4n) is 3.20. The smallest absolute Gasteiger partial charge is 0.239 e. The quantitative estimate of drug-likeness (QED) is 0.542. The number of aromatic nitrogens is 2. The average molecular weight is 370 g/mol. The van der Waals surface area contributed by atoms with Crippen LogP contribution in [0.4, 0.5) is 4.39 Å². The maximum Gasteiger partial charge on any atom is 0.239 e. The number of nitrogens with one attached hydrogen (secondary N) is 2. The van der Waals surface area contributed by atoms with E-state index in [9.17, 15) is 9.18 Å². The van der Waals surface area contributed by atoms with Gasteiger partial charge in [0.25, 0.3) is 0 Å². The monoisotopic (exact) mass is 369 g/mol. The number of carbonyl (C=O) groups excluding carboxylic acids is 1. The van der Waals surface area contributed by atoms with Gasteiger partial charge in [0, 0.05) is 34.9 Å². The summed E-state index contributed by atoms with van der Waals surface area (Å²) in [5.41, 5.74) is 2.85. The van der Waals surface area contributed by atoms with Crippen LogP contribution >= 0.6 is 11.6 Å². The number of nitrogens with zero attached hydrogens (tertiary/aromatic N) is 1. The second kappa shape index (κ2) is 6.84. The number of halogens is 2. The van der Waals surface area contributed by atoms with Gasteiger partial charge in [-0.3, -0.25) is 4.79 Å². The van der Waals surface area contributed by atoms with Crippen molar-refractivity contribution in [3.63, 3.8) is 0 Å². The van der Waals surface area contributed by atoms with Crippen molar-refractivity contribution in [3.05, 3.63) is 71.3 Å². The van der Waals surface area contributed by atoms with Crippen LogP contribution in [0.5, 0.6) is 0 Å². The van der Waals surface area contributed by atoms with Crippen LogP contribution in [0.2, 0.25) is 5.02 Å². The molecule has 1 amide bonds. The predicted octanol–water partition coefficient (Wildman–Crippen LogP) is 4.27. The average Bonchev–Trinajstić information content (AvgIpc) is 3.19. The molecule has 4 aromatic rings. The molecule has 0 saturated carbocycles. The zero-order valence-corrected chi connectivity index (χ0v) is 14.7. The largest absolute Gasteiger partial charge is 0.361 e. The normalized spacial score (nSPS) is 11.3. The molecule has 2 N–H and O–H groups in total. The molecule has 0 saturated heterocycles. The van der Waals surface area contributed by atoms with Gasteiger partial charge in [-0.25, -0.2) is 4.39 Å². The molecule has 0 spiro atoms. The number of aromatic amines is 1. The molecule has 0 fully saturated rings. The summed E-state index contributed by atoms with van der Waals surface area (Å²) >= 11 is 6.06. The van der Waals surface area contributed by atoms with Crippen LogP contribution in [0, 0.1) is 5.82 Å². The third kappa shape index (κ3) is 3.30. The van der Waals surface area contributed by atoms with Gasteiger partial charge in [0.05, 0.1) is 5.52 Å². The maximum absolute atomic E-state index is 13.4. The van der Waals surface area contributed by atoms with E-state index < -0.39 is 0 Å². The highest BCUT2D eigenvalue weighted by Gasteiger charge is 2.08. The fraction of sp³-hybridized carbons (Fsp3) is 0.150. The molecule has 0 atom stereocenters. The summed E-state index contributed by atoms with van der Waals surface area (Å²) < 4.78 is 15.2. The van der Waals surface area contributed by atoms with E-state index in [1.165, 1.54) is 12.1 Å². The Morgan fingerprint density at radius 3 is 2.96 bits per heavy atom. The van der Waals surface area contributed by atoms with E-state index in [-0.39, 0.29) is 18.3 Å². The molecule has 0 unspecified atom stereocenters. The topological polar surface area (TPSA) is 49.8 Å². The molecule has 0 aliphatic carbocycles.